The van der Waals surface area contributed by atoms with Gasteiger partial charge in [0.1, 0.15) is 0 Å². The van der Waals surface area contributed by atoms with Crippen molar-refractivity contribution in [2.75, 3.05) is 9.66 Å². The van der Waals surface area contributed by atoms with Crippen LogP contribution in [0.15, 0.2) is 114 Å². The van der Waals surface area contributed by atoms with Crippen molar-refractivity contribution in [1.82, 2.24) is 13.9 Å². The van der Waals surface area contributed by atoms with Gasteiger partial charge < -0.3 is 5.73 Å². The lowest BCUT2D eigenvalue weighted by Gasteiger charge is -2.18. The molecule has 0 atom stereocenters. The van der Waals surface area contributed by atoms with E-state index in [1.165, 1.54) is 3.97 Å². The number of rotatable bonds is 5. The summed E-state index contributed by atoms with van der Waals surface area (Å²) < 4.78 is 30.2. The van der Waals surface area contributed by atoms with Gasteiger partial charge in [-0.15, -0.1) is 0 Å². The molecule has 6 aromatic rings. The van der Waals surface area contributed by atoms with Gasteiger partial charge in [0.2, 0.25) is 5.95 Å². The van der Waals surface area contributed by atoms with Gasteiger partial charge in [-0.1, -0.05) is 60.7 Å². The normalized spacial score (nSPS) is 11.7. The van der Waals surface area contributed by atoms with Crippen LogP contribution in [0.2, 0.25) is 0 Å². The second-order valence-electron chi connectivity index (χ2n) is 8.43. The summed E-state index contributed by atoms with van der Waals surface area (Å²) in [6, 6.07) is 31.4. The predicted octanol–water partition coefficient (Wildman–Crippen LogP) is 6.52. The molecule has 0 bridgehead atoms. The van der Waals surface area contributed by atoms with Gasteiger partial charge in [-0.2, -0.15) is 4.98 Å². The van der Waals surface area contributed by atoms with Crippen molar-refractivity contribution in [3.63, 3.8) is 0 Å². The Morgan fingerprint density at radius 1 is 0.784 bits per heavy atom. The summed E-state index contributed by atoms with van der Waals surface area (Å²) in [5.41, 5.74) is 9.78. The minimum Gasteiger partial charge on any atom is -0.368 e. The zero-order valence-corrected chi connectivity index (χ0v) is 21.8. The van der Waals surface area contributed by atoms with Crippen LogP contribution in [0.4, 0.5) is 17.5 Å². The Kier molecular flexibility index (Phi) is 5.66. The van der Waals surface area contributed by atoms with Gasteiger partial charge in [0, 0.05) is 22.5 Å². The first-order valence-electron chi connectivity index (χ1n) is 11.4. The number of para-hydroxylation sites is 2. The Bertz CT molecular complexity index is 1870. The number of nitrogens with two attached hydrogens (primary N) is 1. The highest BCUT2D eigenvalue weighted by Gasteiger charge is 2.22. The van der Waals surface area contributed by atoms with Crippen molar-refractivity contribution in [3.05, 3.63) is 109 Å². The zero-order valence-electron chi connectivity index (χ0n) is 19.4. The van der Waals surface area contributed by atoms with E-state index in [0.717, 1.165) is 27.6 Å². The Labute approximate surface area is 222 Å². The van der Waals surface area contributed by atoms with E-state index in [2.05, 4.69) is 26.1 Å². The summed E-state index contributed by atoms with van der Waals surface area (Å²) >= 11 is 3.63. The molecule has 2 aromatic heterocycles. The van der Waals surface area contributed by atoms with Crippen LogP contribution < -0.4 is 9.66 Å². The molecule has 0 fully saturated rings. The Morgan fingerprint density at radius 3 is 2.22 bits per heavy atom. The number of hydrogen-bond donors (Lipinski definition) is 1. The third-order valence-corrected chi connectivity index (χ3v) is 8.58. The van der Waals surface area contributed by atoms with E-state index in [4.69, 9.17) is 5.73 Å². The summed E-state index contributed by atoms with van der Waals surface area (Å²) in [6.07, 6.45) is 1.68. The average molecular weight is 570 g/mol. The number of nitrogens with zero attached hydrogens (tertiary/aromatic N) is 4. The average Bonchev–Trinajstić information content (AvgIpc) is 3.33. The molecule has 0 aliphatic carbocycles. The van der Waals surface area contributed by atoms with Gasteiger partial charge in [-0.05, 0) is 48.0 Å². The Hall–Kier alpha value is -4.21. The van der Waals surface area contributed by atoms with E-state index in [0.29, 0.717) is 16.9 Å². The van der Waals surface area contributed by atoms with E-state index in [-0.39, 0.29) is 10.8 Å². The molecular formula is C28H20BrN5O2S. The summed E-state index contributed by atoms with van der Waals surface area (Å²) in [7, 11) is -3.80. The largest absolute Gasteiger partial charge is 0.368 e. The van der Waals surface area contributed by atoms with Crippen LogP contribution in [0.3, 0.4) is 0 Å². The molecule has 9 heteroatoms. The molecule has 0 saturated heterocycles. The SMILES string of the molecule is Nc1nc(N(Br)c2ccccc2)c2cc(-c3cn(S(=O)(=O)c4ccccc4)c4ccccc34)ccc2n1. The molecule has 2 heterocycles. The van der Waals surface area contributed by atoms with Crippen molar-refractivity contribution in [3.8, 4) is 11.1 Å². The monoisotopic (exact) mass is 569 g/mol. The van der Waals surface area contributed by atoms with Gasteiger partial charge in [0.05, 0.1) is 37.8 Å². The fraction of sp³-hybridized carbons (Fsp3) is 0. The molecule has 0 aliphatic heterocycles. The van der Waals surface area contributed by atoms with Gasteiger partial charge in [0.15, 0.2) is 5.82 Å². The van der Waals surface area contributed by atoms with Crippen molar-refractivity contribution in [1.29, 1.82) is 0 Å². The van der Waals surface area contributed by atoms with Crippen LogP contribution >= 0.6 is 16.1 Å². The van der Waals surface area contributed by atoms with Gasteiger partial charge in [-0.3, -0.25) is 3.93 Å². The molecule has 0 spiro atoms. The summed E-state index contributed by atoms with van der Waals surface area (Å²) in [6.45, 7) is 0. The lowest BCUT2D eigenvalue weighted by Crippen LogP contribution is -2.11. The lowest BCUT2D eigenvalue weighted by atomic mass is 10.0. The maximum Gasteiger partial charge on any atom is 0.268 e. The van der Waals surface area contributed by atoms with Crippen molar-refractivity contribution < 1.29 is 8.42 Å². The second-order valence-corrected chi connectivity index (χ2v) is 11.0. The van der Waals surface area contributed by atoms with Crippen LogP contribution in [-0.4, -0.2) is 22.4 Å². The molecule has 7 nitrogen and oxygen atoms in total. The van der Waals surface area contributed by atoms with E-state index in [1.54, 1.807) is 40.5 Å². The highest BCUT2D eigenvalue weighted by molar-refractivity contribution is 9.10. The Morgan fingerprint density at radius 2 is 1.46 bits per heavy atom. The molecule has 2 N–H and O–H groups in total. The second kappa shape index (κ2) is 9.02. The highest BCUT2D eigenvalue weighted by atomic mass is 79.9. The van der Waals surface area contributed by atoms with E-state index < -0.39 is 10.0 Å². The number of hydrogen-bond acceptors (Lipinski definition) is 6. The maximum absolute atomic E-state index is 13.6. The fourth-order valence-corrected chi connectivity index (χ4v) is 6.31. The summed E-state index contributed by atoms with van der Waals surface area (Å²) in [5, 5.41) is 1.58. The number of fused-ring (bicyclic) bond motifs is 2. The molecule has 0 saturated carbocycles. The van der Waals surface area contributed by atoms with Gasteiger partial charge in [0.25, 0.3) is 10.0 Å². The number of halogens is 1. The standard InChI is InChI=1S/C28H20BrN5O2S/c29-34(20-9-3-1-4-10-20)27-23-17-19(15-16-25(23)31-28(30)32-27)24-18-33(26-14-8-7-13-22(24)26)37(35,36)21-11-5-2-6-12-21/h1-18H,(H2,30,31,32). The van der Waals surface area contributed by atoms with Gasteiger partial charge >= 0.3 is 0 Å². The topological polar surface area (TPSA) is 94.1 Å². The maximum atomic E-state index is 13.6. The Balaban J connectivity index is 1.56. The van der Waals surface area contributed by atoms with E-state index >= 15 is 0 Å². The molecule has 0 aliphatic rings. The minimum atomic E-state index is -3.80. The first-order chi connectivity index (χ1) is 17.9. The number of nitrogen functional groups attached to an aromatic ring is 1. The molecule has 37 heavy (non-hydrogen) atoms. The van der Waals surface area contributed by atoms with Crippen LogP contribution in [0.5, 0.6) is 0 Å². The van der Waals surface area contributed by atoms with Crippen molar-refractivity contribution >= 4 is 65.4 Å². The third kappa shape index (κ3) is 4.02. The molecule has 0 amide bonds. The number of benzene rings is 4. The predicted molar refractivity (Wildman–Crippen MR) is 151 cm³/mol. The summed E-state index contributed by atoms with van der Waals surface area (Å²) in [5.74, 6) is 0.734. The summed E-state index contributed by atoms with van der Waals surface area (Å²) in [4.78, 5) is 9.14. The smallest absolute Gasteiger partial charge is 0.268 e. The quantitative estimate of drug-likeness (QED) is 0.237. The first-order valence-corrected chi connectivity index (χ1v) is 13.6. The molecule has 4 aromatic carbocycles. The van der Waals surface area contributed by atoms with E-state index in [1.807, 2.05) is 72.8 Å². The molecule has 182 valence electrons. The molecular weight excluding hydrogens is 550 g/mol. The molecule has 0 unspecified atom stereocenters. The van der Waals surface area contributed by atoms with Crippen LogP contribution in [0, 0.1) is 0 Å². The van der Waals surface area contributed by atoms with Crippen LogP contribution in [0.25, 0.3) is 32.9 Å². The van der Waals surface area contributed by atoms with Crippen LogP contribution in [0.1, 0.15) is 0 Å². The van der Waals surface area contributed by atoms with Crippen molar-refractivity contribution in [2.45, 2.75) is 4.90 Å². The fourth-order valence-electron chi connectivity index (χ4n) is 4.41. The van der Waals surface area contributed by atoms with Crippen molar-refractivity contribution in [2.24, 2.45) is 0 Å². The molecule has 0 radical (unpaired) electrons. The molecule has 6 rings (SSSR count). The number of anilines is 3. The zero-order chi connectivity index (χ0) is 25.6. The van der Waals surface area contributed by atoms with Crippen LogP contribution in [-0.2, 0) is 10.0 Å². The third-order valence-electron chi connectivity index (χ3n) is 6.15. The highest BCUT2D eigenvalue weighted by Crippen LogP contribution is 2.38. The number of aromatic nitrogens is 3. The first kappa shape index (κ1) is 23.2. The lowest BCUT2D eigenvalue weighted by molar-refractivity contribution is 0.589. The minimum absolute atomic E-state index is 0.154. The van der Waals surface area contributed by atoms with Gasteiger partial charge in [-0.25, -0.2) is 17.4 Å². The van der Waals surface area contributed by atoms with E-state index in [9.17, 15) is 8.42 Å².